The molecule has 2 aromatic carbocycles. The predicted octanol–water partition coefficient (Wildman–Crippen LogP) is 3.96. The zero-order chi connectivity index (χ0) is 16.9. The van der Waals surface area contributed by atoms with Gasteiger partial charge >= 0.3 is 0 Å². The molecule has 1 unspecified atom stereocenters. The number of halogens is 1. The third-order valence-corrected chi connectivity index (χ3v) is 4.31. The van der Waals surface area contributed by atoms with Gasteiger partial charge in [0.05, 0.1) is 12.7 Å². The van der Waals surface area contributed by atoms with Crippen LogP contribution in [0.4, 0.5) is 4.39 Å². The van der Waals surface area contributed by atoms with Crippen LogP contribution in [0.1, 0.15) is 34.3 Å². The topological polar surface area (TPSA) is 29.5 Å². The highest BCUT2D eigenvalue weighted by molar-refractivity contribution is 5.94. The normalized spacial score (nSPS) is 17.8. The van der Waals surface area contributed by atoms with E-state index in [0.29, 0.717) is 25.3 Å². The lowest BCUT2D eigenvalue weighted by molar-refractivity contribution is -0.00674. The Bertz CT molecular complexity index is 716. The third-order valence-electron chi connectivity index (χ3n) is 4.31. The maximum atomic E-state index is 13.3. The van der Waals surface area contributed by atoms with Crippen molar-refractivity contribution in [3.63, 3.8) is 0 Å². The molecule has 1 aliphatic rings. The third kappa shape index (κ3) is 4.20. The summed E-state index contributed by atoms with van der Waals surface area (Å²) in [7, 11) is 0. The van der Waals surface area contributed by atoms with Crippen LogP contribution >= 0.6 is 0 Å². The van der Waals surface area contributed by atoms with Crippen LogP contribution < -0.4 is 0 Å². The van der Waals surface area contributed by atoms with Crippen molar-refractivity contribution in [3.05, 3.63) is 71.0 Å². The summed E-state index contributed by atoms with van der Waals surface area (Å²) >= 11 is 0. The molecular formula is C20H22FNO2. The minimum Gasteiger partial charge on any atom is -0.372 e. The van der Waals surface area contributed by atoms with Gasteiger partial charge in [0.25, 0.3) is 5.91 Å². The molecular weight excluding hydrogens is 305 g/mol. The summed E-state index contributed by atoms with van der Waals surface area (Å²) in [5.74, 6) is -0.511. The smallest absolute Gasteiger partial charge is 0.254 e. The van der Waals surface area contributed by atoms with Crippen LogP contribution in [0.2, 0.25) is 0 Å². The van der Waals surface area contributed by atoms with Gasteiger partial charge in [0, 0.05) is 18.7 Å². The first-order valence-electron chi connectivity index (χ1n) is 8.34. The Balaban J connectivity index is 1.59. The van der Waals surface area contributed by atoms with Gasteiger partial charge in [0.1, 0.15) is 5.82 Å². The molecule has 0 radical (unpaired) electrons. The maximum Gasteiger partial charge on any atom is 0.254 e. The Hall–Kier alpha value is -2.20. The summed E-state index contributed by atoms with van der Waals surface area (Å²) < 4.78 is 19.3. The van der Waals surface area contributed by atoms with E-state index in [2.05, 4.69) is 19.1 Å². The van der Waals surface area contributed by atoms with Crippen LogP contribution in [0.25, 0.3) is 0 Å². The van der Waals surface area contributed by atoms with E-state index in [1.807, 2.05) is 12.1 Å². The van der Waals surface area contributed by atoms with Gasteiger partial charge in [-0.15, -0.1) is 0 Å². The summed E-state index contributed by atoms with van der Waals surface area (Å²) in [6, 6.07) is 14.1. The Labute approximate surface area is 142 Å². The van der Waals surface area contributed by atoms with Crippen LogP contribution in [0, 0.1) is 12.7 Å². The molecule has 1 aliphatic heterocycles. The number of aryl methyl sites for hydroxylation is 1. The Morgan fingerprint density at radius 3 is 2.88 bits per heavy atom. The van der Waals surface area contributed by atoms with E-state index >= 15 is 0 Å². The van der Waals surface area contributed by atoms with E-state index in [-0.39, 0.29) is 17.8 Å². The average molecular weight is 327 g/mol. The average Bonchev–Trinajstić information content (AvgIpc) is 2.60. The van der Waals surface area contributed by atoms with Gasteiger partial charge in [0.2, 0.25) is 0 Å². The number of hydrogen-bond acceptors (Lipinski definition) is 2. The molecule has 3 rings (SSSR count). The summed E-state index contributed by atoms with van der Waals surface area (Å²) in [4.78, 5) is 14.3. The van der Waals surface area contributed by atoms with Crippen molar-refractivity contribution in [3.8, 4) is 0 Å². The van der Waals surface area contributed by atoms with Crippen molar-refractivity contribution in [1.82, 2.24) is 4.90 Å². The number of benzene rings is 2. The molecule has 0 spiro atoms. The molecule has 0 saturated carbocycles. The first-order valence-corrected chi connectivity index (χ1v) is 8.34. The summed E-state index contributed by atoms with van der Waals surface area (Å²) in [6.45, 7) is 3.86. The first-order chi connectivity index (χ1) is 11.6. The highest BCUT2D eigenvalue weighted by Crippen LogP contribution is 2.18. The number of ether oxygens (including phenoxy) is 1. The second kappa shape index (κ2) is 7.58. The standard InChI is InChI=1S/C20H22FNO2/c1-15-5-2-6-16(11-15)14-24-19-9-4-10-22(13-19)20(23)17-7-3-8-18(21)12-17/h2-3,5-8,11-12,19H,4,9-10,13-14H2,1H3. The molecule has 1 fully saturated rings. The van der Waals surface area contributed by atoms with Crippen molar-refractivity contribution in [1.29, 1.82) is 0 Å². The lowest BCUT2D eigenvalue weighted by Gasteiger charge is -2.32. The lowest BCUT2D eigenvalue weighted by atomic mass is 10.1. The van der Waals surface area contributed by atoms with E-state index in [0.717, 1.165) is 18.4 Å². The van der Waals surface area contributed by atoms with E-state index in [1.54, 1.807) is 17.0 Å². The molecule has 1 amide bonds. The van der Waals surface area contributed by atoms with Crippen molar-refractivity contribution in [2.45, 2.75) is 32.5 Å². The largest absolute Gasteiger partial charge is 0.372 e. The highest BCUT2D eigenvalue weighted by Gasteiger charge is 2.25. The van der Waals surface area contributed by atoms with E-state index in [1.165, 1.54) is 17.7 Å². The molecule has 24 heavy (non-hydrogen) atoms. The van der Waals surface area contributed by atoms with Crippen LogP contribution in [-0.4, -0.2) is 30.0 Å². The fourth-order valence-electron chi connectivity index (χ4n) is 3.08. The molecule has 1 saturated heterocycles. The number of carbonyl (C=O) groups excluding carboxylic acids is 1. The predicted molar refractivity (Wildman–Crippen MR) is 91.3 cm³/mol. The van der Waals surface area contributed by atoms with E-state index in [4.69, 9.17) is 4.74 Å². The highest BCUT2D eigenvalue weighted by atomic mass is 19.1. The van der Waals surface area contributed by atoms with Crippen molar-refractivity contribution >= 4 is 5.91 Å². The number of piperidine rings is 1. The van der Waals surface area contributed by atoms with E-state index < -0.39 is 0 Å². The van der Waals surface area contributed by atoms with Crippen LogP contribution in [0.5, 0.6) is 0 Å². The maximum absolute atomic E-state index is 13.3. The van der Waals surface area contributed by atoms with Gasteiger partial charge in [-0.3, -0.25) is 4.79 Å². The second-order valence-corrected chi connectivity index (χ2v) is 6.33. The molecule has 0 aliphatic carbocycles. The number of likely N-dealkylation sites (tertiary alicyclic amines) is 1. The van der Waals surface area contributed by atoms with Gasteiger partial charge in [0.15, 0.2) is 0 Å². The Kier molecular flexibility index (Phi) is 5.26. The Morgan fingerprint density at radius 2 is 2.08 bits per heavy atom. The first kappa shape index (κ1) is 16.7. The molecule has 126 valence electrons. The number of amides is 1. The van der Waals surface area contributed by atoms with Crippen LogP contribution in [-0.2, 0) is 11.3 Å². The molecule has 0 aromatic heterocycles. The molecule has 3 nitrogen and oxygen atoms in total. The number of carbonyl (C=O) groups is 1. The van der Waals surface area contributed by atoms with Crippen LogP contribution in [0.15, 0.2) is 48.5 Å². The summed E-state index contributed by atoms with van der Waals surface area (Å²) in [6.07, 6.45) is 1.87. The number of rotatable bonds is 4. The van der Waals surface area contributed by atoms with Crippen LogP contribution in [0.3, 0.4) is 0 Å². The SMILES string of the molecule is Cc1cccc(COC2CCCN(C(=O)c3cccc(F)c3)C2)c1. The molecule has 2 aromatic rings. The van der Waals surface area contributed by atoms with E-state index in [9.17, 15) is 9.18 Å². The number of nitrogens with zero attached hydrogens (tertiary/aromatic N) is 1. The van der Waals surface area contributed by atoms with Crippen molar-refractivity contribution < 1.29 is 13.9 Å². The van der Waals surface area contributed by atoms with Gasteiger partial charge in [-0.05, 0) is 43.5 Å². The van der Waals surface area contributed by atoms with Crippen molar-refractivity contribution in [2.75, 3.05) is 13.1 Å². The zero-order valence-electron chi connectivity index (χ0n) is 13.9. The molecule has 4 heteroatoms. The fourth-order valence-corrected chi connectivity index (χ4v) is 3.08. The minimum absolute atomic E-state index is 0.0248. The van der Waals surface area contributed by atoms with Crippen molar-refractivity contribution in [2.24, 2.45) is 0 Å². The summed E-state index contributed by atoms with van der Waals surface area (Å²) in [5, 5.41) is 0. The molecule has 1 heterocycles. The zero-order valence-corrected chi connectivity index (χ0v) is 13.9. The Morgan fingerprint density at radius 1 is 1.25 bits per heavy atom. The molecule has 0 bridgehead atoms. The fraction of sp³-hybridized carbons (Fsp3) is 0.350. The van der Waals surface area contributed by atoms with Gasteiger partial charge in [-0.25, -0.2) is 4.39 Å². The van der Waals surface area contributed by atoms with Gasteiger partial charge in [-0.2, -0.15) is 0 Å². The van der Waals surface area contributed by atoms with Gasteiger partial charge in [-0.1, -0.05) is 35.9 Å². The quantitative estimate of drug-likeness (QED) is 0.851. The summed E-state index contributed by atoms with van der Waals surface area (Å²) in [5.41, 5.74) is 2.75. The molecule has 1 atom stereocenters. The second-order valence-electron chi connectivity index (χ2n) is 6.33. The molecule has 0 N–H and O–H groups in total. The van der Waals surface area contributed by atoms with Gasteiger partial charge < -0.3 is 9.64 Å². The monoisotopic (exact) mass is 327 g/mol. The lowest BCUT2D eigenvalue weighted by Crippen LogP contribution is -2.43. The minimum atomic E-state index is -0.384. The number of hydrogen-bond donors (Lipinski definition) is 0.